The fourth-order valence-corrected chi connectivity index (χ4v) is 0.994. The Hall–Kier alpha value is -1.70. The first-order valence-corrected chi connectivity index (χ1v) is 3.90. The summed E-state index contributed by atoms with van der Waals surface area (Å²) in [5.41, 5.74) is -0.000694. The molecule has 0 spiro atoms. The molecule has 15 heavy (non-hydrogen) atoms. The normalized spacial score (nSPS) is 10.9. The smallest absolute Gasteiger partial charge is 0.406 e. The second kappa shape index (κ2) is 4.22. The van der Waals surface area contributed by atoms with Crippen molar-refractivity contribution in [2.45, 2.75) is 12.8 Å². The van der Waals surface area contributed by atoms with Crippen LogP contribution >= 0.6 is 0 Å². The number of ether oxygens (including phenoxy) is 1. The van der Waals surface area contributed by atoms with Gasteiger partial charge in [-0.3, -0.25) is 0 Å². The van der Waals surface area contributed by atoms with Crippen LogP contribution in [0.15, 0.2) is 18.2 Å². The summed E-state index contributed by atoms with van der Waals surface area (Å²) in [5.74, 6) is 1.01. The van der Waals surface area contributed by atoms with Crippen molar-refractivity contribution >= 4 is 0 Å². The summed E-state index contributed by atoms with van der Waals surface area (Å²) in [7, 11) is 0. The number of benzene rings is 1. The molecule has 1 rings (SSSR count). The van der Waals surface area contributed by atoms with Gasteiger partial charge in [-0.2, -0.15) is 0 Å². The third-order valence-electron chi connectivity index (χ3n) is 1.54. The Bertz CT molecular complexity index is 389. The van der Waals surface area contributed by atoms with Gasteiger partial charge in [-0.1, -0.05) is 0 Å². The maximum atomic E-state index is 13.0. The first-order chi connectivity index (χ1) is 6.92. The van der Waals surface area contributed by atoms with E-state index in [0.29, 0.717) is 0 Å². The maximum Gasteiger partial charge on any atom is 0.573 e. The van der Waals surface area contributed by atoms with Crippen molar-refractivity contribution < 1.29 is 22.3 Å². The molecule has 0 bridgehead atoms. The van der Waals surface area contributed by atoms with Crippen molar-refractivity contribution in [1.29, 1.82) is 0 Å². The SMILES string of the molecule is C#CCc1cc(OC(F)(F)F)ccc1F. The molecule has 5 heteroatoms. The first-order valence-electron chi connectivity index (χ1n) is 3.90. The van der Waals surface area contributed by atoms with E-state index in [2.05, 4.69) is 10.7 Å². The van der Waals surface area contributed by atoms with Gasteiger partial charge in [-0.25, -0.2) is 4.39 Å². The standard InChI is InChI=1S/C10H6F4O/c1-2-3-7-6-8(4-5-9(7)11)15-10(12,13)14/h1,4-6H,3H2. The number of alkyl halides is 3. The van der Waals surface area contributed by atoms with E-state index in [0.717, 1.165) is 18.2 Å². The zero-order valence-corrected chi connectivity index (χ0v) is 7.44. The van der Waals surface area contributed by atoms with Crippen molar-refractivity contribution in [2.75, 3.05) is 0 Å². The molecule has 0 unspecified atom stereocenters. The van der Waals surface area contributed by atoms with Gasteiger partial charge in [0.15, 0.2) is 0 Å². The molecular formula is C10H6F4O. The second-order valence-corrected chi connectivity index (χ2v) is 2.68. The van der Waals surface area contributed by atoms with Crippen LogP contribution in [0.5, 0.6) is 5.75 Å². The number of halogens is 4. The molecule has 0 saturated carbocycles. The number of rotatable bonds is 2. The summed E-state index contributed by atoms with van der Waals surface area (Å²) >= 11 is 0. The molecule has 1 nitrogen and oxygen atoms in total. The Kier molecular flexibility index (Phi) is 3.20. The van der Waals surface area contributed by atoms with E-state index in [1.807, 2.05) is 0 Å². The van der Waals surface area contributed by atoms with Crippen LogP contribution in [-0.4, -0.2) is 6.36 Å². The molecule has 0 aliphatic carbocycles. The molecule has 1 aromatic rings. The summed E-state index contributed by atoms with van der Waals surface area (Å²) in [6.45, 7) is 0. The predicted molar refractivity (Wildman–Crippen MR) is 45.6 cm³/mol. The summed E-state index contributed by atoms with van der Waals surface area (Å²) in [6, 6.07) is 2.71. The Morgan fingerprint density at radius 2 is 2.00 bits per heavy atom. The van der Waals surface area contributed by atoms with Crippen LogP contribution in [0.4, 0.5) is 17.6 Å². The highest BCUT2D eigenvalue weighted by Crippen LogP contribution is 2.24. The van der Waals surface area contributed by atoms with E-state index in [9.17, 15) is 17.6 Å². The average molecular weight is 218 g/mol. The van der Waals surface area contributed by atoms with E-state index < -0.39 is 17.9 Å². The van der Waals surface area contributed by atoms with Gasteiger partial charge >= 0.3 is 6.36 Å². The first kappa shape index (κ1) is 11.4. The largest absolute Gasteiger partial charge is 0.573 e. The van der Waals surface area contributed by atoms with Gasteiger partial charge in [0.25, 0.3) is 0 Å². The van der Waals surface area contributed by atoms with Gasteiger partial charge in [0.1, 0.15) is 11.6 Å². The molecule has 0 heterocycles. The van der Waals surface area contributed by atoms with Crippen LogP contribution in [0.3, 0.4) is 0 Å². The van der Waals surface area contributed by atoms with E-state index in [-0.39, 0.29) is 12.0 Å². The zero-order valence-electron chi connectivity index (χ0n) is 7.44. The molecule has 80 valence electrons. The molecule has 0 aliphatic rings. The molecular weight excluding hydrogens is 212 g/mol. The summed E-state index contributed by atoms with van der Waals surface area (Å²) in [6.07, 6.45) is 0.0581. The number of hydrogen-bond donors (Lipinski definition) is 0. The van der Waals surface area contributed by atoms with E-state index in [4.69, 9.17) is 6.42 Å². The van der Waals surface area contributed by atoms with Crippen LogP contribution in [0.1, 0.15) is 5.56 Å². The van der Waals surface area contributed by atoms with Crippen molar-refractivity contribution in [2.24, 2.45) is 0 Å². The lowest BCUT2D eigenvalue weighted by molar-refractivity contribution is -0.274. The summed E-state index contributed by atoms with van der Waals surface area (Å²) in [4.78, 5) is 0. The minimum absolute atomic E-state index is 0.000694. The average Bonchev–Trinajstić information content (AvgIpc) is 2.09. The lowest BCUT2D eigenvalue weighted by Crippen LogP contribution is -2.17. The highest BCUT2D eigenvalue weighted by atomic mass is 19.4. The molecule has 0 saturated heterocycles. The third-order valence-corrected chi connectivity index (χ3v) is 1.54. The highest BCUT2D eigenvalue weighted by molar-refractivity contribution is 5.32. The van der Waals surface area contributed by atoms with Crippen LogP contribution in [-0.2, 0) is 6.42 Å². The fourth-order valence-electron chi connectivity index (χ4n) is 0.994. The Morgan fingerprint density at radius 1 is 1.33 bits per heavy atom. The molecule has 0 atom stereocenters. The highest BCUT2D eigenvalue weighted by Gasteiger charge is 2.31. The quantitative estimate of drug-likeness (QED) is 0.547. The molecule has 0 radical (unpaired) electrons. The van der Waals surface area contributed by atoms with Crippen LogP contribution in [0, 0.1) is 18.2 Å². The predicted octanol–water partition coefficient (Wildman–Crippen LogP) is 2.90. The topological polar surface area (TPSA) is 9.23 Å². The van der Waals surface area contributed by atoms with Crippen molar-refractivity contribution in [3.63, 3.8) is 0 Å². The monoisotopic (exact) mass is 218 g/mol. The number of terminal acetylenes is 1. The number of hydrogen-bond acceptors (Lipinski definition) is 1. The van der Waals surface area contributed by atoms with Gasteiger partial charge in [0.05, 0.1) is 0 Å². The van der Waals surface area contributed by atoms with Gasteiger partial charge in [0, 0.05) is 12.0 Å². The lowest BCUT2D eigenvalue weighted by atomic mass is 10.1. The Balaban J connectivity index is 2.93. The maximum absolute atomic E-state index is 13.0. The van der Waals surface area contributed by atoms with Gasteiger partial charge in [-0.15, -0.1) is 25.5 Å². The minimum Gasteiger partial charge on any atom is -0.406 e. The molecule has 0 aliphatic heterocycles. The van der Waals surface area contributed by atoms with Gasteiger partial charge in [-0.05, 0) is 18.2 Å². The van der Waals surface area contributed by atoms with Gasteiger partial charge in [0.2, 0.25) is 0 Å². The zero-order chi connectivity index (χ0) is 11.5. The fraction of sp³-hybridized carbons (Fsp3) is 0.200. The van der Waals surface area contributed by atoms with Crippen molar-refractivity contribution in [1.82, 2.24) is 0 Å². The minimum atomic E-state index is -4.79. The second-order valence-electron chi connectivity index (χ2n) is 2.68. The molecule has 0 fully saturated rings. The molecule has 0 aromatic heterocycles. The Labute approximate surface area is 83.7 Å². The summed E-state index contributed by atoms with van der Waals surface area (Å²) < 4.78 is 52.0. The van der Waals surface area contributed by atoms with E-state index >= 15 is 0 Å². The molecule has 0 N–H and O–H groups in total. The van der Waals surface area contributed by atoms with Crippen LogP contribution < -0.4 is 4.74 Å². The third kappa shape index (κ3) is 3.50. The van der Waals surface area contributed by atoms with Crippen molar-refractivity contribution in [3.8, 4) is 18.1 Å². The van der Waals surface area contributed by atoms with E-state index in [1.165, 1.54) is 0 Å². The lowest BCUT2D eigenvalue weighted by Gasteiger charge is -2.09. The van der Waals surface area contributed by atoms with Crippen LogP contribution in [0.25, 0.3) is 0 Å². The van der Waals surface area contributed by atoms with E-state index in [1.54, 1.807) is 0 Å². The van der Waals surface area contributed by atoms with Crippen LogP contribution in [0.2, 0.25) is 0 Å². The Morgan fingerprint density at radius 3 is 2.53 bits per heavy atom. The van der Waals surface area contributed by atoms with Gasteiger partial charge < -0.3 is 4.74 Å². The summed E-state index contributed by atoms with van der Waals surface area (Å²) in [5, 5.41) is 0. The molecule has 1 aromatic carbocycles. The van der Waals surface area contributed by atoms with Crippen molar-refractivity contribution in [3.05, 3.63) is 29.6 Å². The molecule has 0 amide bonds.